The van der Waals surface area contributed by atoms with Gasteiger partial charge in [-0.3, -0.25) is 4.68 Å². The van der Waals surface area contributed by atoms with Crippen molar-refractivity contribution in [2.75, 3.05) is 6.54 Å². The van der Waals surface area contributed by atoms with Gasteiger partial charge in [-0.1, -0.05) is 12.1 Å². The van der Waals surface area contributed by atoms with Crippen LogP contribution in [0.4, 0.5) is 0 Å². The number of aromatic nitrogens is 5. The van der Waals surface area contributed by atoms with Gasteiger partial charge in [0.1, 0.15) is 0 Å². The second kappa shape index (κ2) is 6.70. The number of nitrogens with one attached hydrogen (secondary N) is 1. The summed E-state index contributed by atoms with van der Waals surface area (Å²) in [6, 6.07) is 0.168. The molecule has 0 aromatic carbocycles. The van der Waals surface area contributed by atoms with Crippen LogP contribution >= 0.6 is 15.9 Å². The molecule has 0 radical (unpaired) electrons. The second-order valence-corrected chi connectivity index (χ2v) is 6.12. The Balaban J connectivity index is 2.33. The van der Waals surface area contributed by atoms with Crippen molar-refractivity contribution in [2.45, 2.75) is 39.7 Å². The van der Waals surface area contributed by atoms with E-state index in [2.05, 4.69) is 57.4 Å². The van der Waals surface area contributed by atoms with E-state index in [1.807, 2.05) is 23.5 Å². The molecule has 7 heteroatoms. The van der Waals surface area contributed by atoms with Gasteiger partial charge in [0.2, 0.25) is 0 Å². The third kappa shape index (κ3) is 3.35. The number of nitrogens with zero attached hydrogens (tertiary/aromatic N) is 5. The van der Waals surface area contributed by atoms with Crippen LogP contribution in [0.3, 0.4) is 0 Å². The van der Waals surface area contributed by atoms with Gasteiger partial charge in [0.05, 0.1) is 17.4 Å². The Morgan fingerprint density at radius 1 is 1.24 bits per heavy atom. The van der Waals surface area contributed by atoms with Gasteiger partial charge in [0.15, 0.2) is 4.60 Å². The molecular formula is C14H23BrN6. The molecule has 2 rings (SSSR count). The minimum atomic E-state index is 0.168. The van der Waals surface area contributed by atoms with Crippen molar-refractivity contribution in [3.63, 3.8) is 0 Å². The molecule has 116 valence electrons. The smallest absolute Gasteiger partial charge is 0.153 e. The number of halogens is 1. The van der Waals surface area contributed by atoms with Crippen LogP contribution in [-0.4, -0.2) is 31.3 Å². The van der Waals surface area contributed by atoms with Gasteiger partial charge in [-0.2, -0.15) is 5.10 Å². The Labute approximate surface area is 134 Å². The molecule has 2 aromatic rings. The average molecular weight is 355 g/mol. The third-order valence-electron chi connectivity index (χ3n) is 3.86. The number of rotatable bonds is 6. The van der Waals surface area contributed by atoms with E-state index < -0.39 is 0 Å². The van der Waals surface area contributed by atoms with Gasteiger partial charge in [-0.15, -0.1) is 5.10 Å². The molecule has 0 aliphatic carbocycles. The molecule has 21 heavy (non-hydrogen) atoms. The first kappa shape index (κ1) is 16.2. The minimum absolute atomic E-state index is 0.168. The lowest BCUT2D eigenvalue weighted by Gasteiger charge is -2.19. The highest BCUT2D eigenvalue weighted by molar-refractivity contribution is 9.10. The summed E-state index contributed by atoms with van der Waals surface area (Å²) in [6.07, 6.45) is 1.97. The molecule has 2 aromatic heterocycles. The van der Waals surface area contributed by atoms with Crippen molar-refractivity contribution in [2.24, 2.45) is 14.1 Å². The summed E-state index contributed by atoms with van der Waals surface area (Å²) in [5.74, 6) is 0. The maximum absolute atomic E-state index is 4.51. The van der Waals surface area contributed by atoms with Crippen LogP contribution in [0.5, 0.6) is 0 Å². The van der Waals surface area contributed by atoms with E-state index in [4.69, 9.17) is 0 Å². The zero-order valence-electron chi connectivity index (χ0n) is 13.3. The van der Waals surface area contributed by atoms with Gasteiger partial charge < -0.3 is 5.32 Å². The van der Waals surface area contributed by atoms with Gasteiger partial charge in [-0.05, 0) is 54.7 Å². The fourth-order valence-electron chi connectivity index (χ4n) is 2.61. The van der Waals surface area contributed by atoms with Crippen LogP contribution in [-0.2, 0) is 20.5 Å². The fourth-order valence-corrected chi connectivity index (χ4v) is 3.21. The molecule has 0 spiro atoms. The highest BCUT2D eigenvalue weighted by atomic mass is 79.9. The van der Waals surface area contributed by atoms with Crippen molar-refractivity contribution >= 4 is 15.9 Å². The first-order valence-corrected chi connectivity index (χ1v) is 8.02. The van der Waals surface area contributed by atoms with Gasteiger partial charge in [0.25, 0.3) is 0 Å². The Hall–Kier alpha value is -1.21. The summed E-state index contributed by atoms with van der Waals surface area (Å²) in [5.41, 5.74) is 4.66. The van der Waals surface area contributed by atoms with E-state index in [-0.39, 0.29) is 6.04 Å². The standard InChI is InChI=1S/C14H23BrN6/c1-6-7-16-12(13-14(15)17-19-21(13)5)8-11-9(2)18-20(4)10(11)3/h12,16H,6-8H2,1-5H3. The third-order valence-corrected chi connectivity index (χ3v) is 4.43. The summed E-state index contributed by atoms with van der Waals surface area (Å²) in [4.78, 5) is 0. The summed E-state index contributed by atoms with van der Waals surface area (Å²) in [7, 11) is 3.92. The number of aryl methyl sites for hydroxylation is 3. The van der Waals surface area contributed by atoms with E-state index >= 15 is 0 Å². The normalized spacial score (nSPS) is 12.9. The van der Waals surface area contributed by atoms with Crippen molar-refractivity contribution < 1.29 is 0 Å². The predicted molar refractivity (Wildman–Crippen MR) is 86.1 cm³/mol. The maximum atomic E-state index is 4.51. The summed E-state index contributed by atoms with van der Waals surface area (Å²) >= 11 is 3.51. The van der Waals surface area contributed by atoms with Crippen LogP contribution in [0.25, 0.3) is 0 Å². The molecule has 0 saturated carbocycles. The average Bonchev–Trinajstić information content (AvgIpc) is 2.88. The number of hydrogen-bond acceptors (Lipinski definition) is 4. The molecule has 0 bridgehead atoms. The Bertz CT molecular complexity index is 596. The van der Waals surface area contributed by atoms with Crippen molar-refractivity contribution in [3.05, 3.63) is 27.2 Å². The van der Waals surface area contributed by atoms with Crippen molar-refractivity contribution in [1.82, 2.24) is 30.1 Å². The molecule has 0 aliphatic heterocycles. The molecule has 1 N–H and O–H groups in total. The summed E-state index contributed by atoms with van der Waals surface area (Å²) in [6.45, 7) is 7.31. The molecule has 0 amide bonds. The lowest BCUT2D eigenvalue weighted by Crippen LogP contribution is -2.27. The first-order chi connectivity index (χ1) is 9.95. The van der Waals surface area contributed by atoms with Crippen LogP contribution in [0.2, 0.25) is 0 Å². The van der Waals surface area contributed by atoms with Gasteiger partial charge in [-0.25, -0.2) is 4.68 Å². The van der Waals surface area contributed by atoms with E-state index in [1.54, 1.807) is 0 Å². The molecule has 1 atom stereocenters. The molecule has 0 aliphatic rings. The van der Waals surface area contributed by atoms with Crippen LogP contribution in [0.1, 0.15) is 42.0 Å². The predicted octanol–water partition coefficient (Wildman–Crippen LogP) is 2.21. The SMILES string of the molecule is CCCNC(Cc1c(C)nn(C)c1C)c1c(Br)nnn1C. The largest absolute Gasteiger partial charge is 0.308 e. The van der Waals surface area contributed by atoms with Gasteiger partial charge >= 0.3 is 0 Å². The van der Waals surface area contributed by atoms with E-state index in [0.29, 0.717) is 0 Å². The second-order valence-electron chi connectivity index (χ2n) is 5.37. The van der Waals surface area contributed by atoms with Crippen molar-refractivity contribution in [1.29, 1.82) is 0 Å². The topological polar surface area (TPSA) is 60.6 Å². The van der Waals surface area contributed by atoms with Crippen LogP contribution < -0.4 is 5.32 Å². The Kier molecular flexibility index (Phi) is 5.16. The fraction of sp³-hybridized carbons (Fsp3) is 0.643. The minimum Gasteiger partial charge on any atom is -0.308 e. The van der Waals surface area contributed by atoms with E-state index in [1.165, 1.54) is 11.3 Å². The quantitative estimate of drug-likeness (QED) is 0.863. The molecule has 6 nitrogen and oxygen atoms in total. The van der Waals surface area contributed by atoms with E-state index in [9.17, 15) is 0 Å². The highest BCUT2D eigenvalue weighted by Gasteiger charge is 2.23. The summed E-state index contributed by atoms with van der Waals surface area (Å²) < 4.78 is 4.58. The molecule has 0 fully saturated rings. The highest BCUT2D eigenvalue weighted by Crippen LogP contribution is 2.26. The maximum Gasteiger partial charge on any atom is 0.153 e. The summed E-state index contributed by atoms with van der Waals surface area (Å²) in [5, 5.41) is 16.3. The lowest BCUT2D eigenvalue weighted by molar-refractivity contribution is 0.489. The lowest BCUT2D eigenvalue weighted by atomic mass is 10.0. The molecule has 0 saturated heterocycles. The first-order valence-electron chi connectivity index (χ1n) is 7.23. The van der Waals surface area contributed by atoms with Crippen LogP contribution in [0, 0.1) is 13.8 Å². The van der Waals surface area contributed by atoms with Crippen molar-refractivity contribution in [3.8, 4) is 0 Å². The molecular weight excluding hydrogens is 332 g/mol. The molecule has 2 heterocycles. The monoisotopic (exact) mass is 354 g/mol. The Morgan fingerprint density at radius 2 is 1.95 bits per heavy atom. The zero-order valence-corrected chi connectivity index (χ0v) is 14.9. The van der Waals surface area contributed by atoms with Gasteiger partial charge in [0, 0.05) is 19.8 Å². The van der Waals surface area contributed by atoms with Crippen LogP contribution in [0.15, 0.2) is 4.60 Å². The Morgan fingerprint density at radius 3 is 2.43 bits per heavy atom. The zero-order chi connectivity index (χ0) is 15.6. The molecule has 1 unspecified atom stereocenters. The van der Waals surface area contributed by atoms with E-state index in [0.717, 1.165) is 35.4 Å². The number of hydrogen-bond donors (Lipinski definition) is 1.